The largest absolute Gasteiger partial charge is 0.481 e. The van der Waals surface area contributed by atoms with E-state index in [1.54, 1.807) is 12.1 Å². The summed E-state index contributed by atoms with van der Waals surface area (Å²) in [5.74, 6) is 1.20. The first-order chi connectivity index (χ1) is 17.3. The van der Waals surface area contributed by atoms with E-state index in [0.29, 0.717) is 29.1 Å². The van der Waals surface area contributed by atoms with Crippen molar-refractivity contribution >= 4 is 28.9 Å². The maximum atomic E-state index is 7.18. The number of rotatable bonds is 4. The van der Waals surface area contributed by atoms with Gasteiger partial charge in [0.1, 0.15) is 0 Å². The molecular weight excluding hydrogens is 424 g/mol. The third-order valence-electron chi connectivity index (χ3n) is 3.09. The van der Waals surface area contributed by atoms with E-state index < -0.39 is 14.0 Å². The molecule has 4 aromatic heterocycles. The second-order valence-electron chi connectivity index (χ2n) is 5.31. The predicted octanol–water partition coefficient (Wildman–Crippen LogP) is 2.10. The number of nitrogens with one attached hydrogen (secondary N) is 1. The van der Waals surface area contributed by atoms with Gasteiger partial charge in [0.2, 0.25) is 23.0 Å². The van der Waals surface area contributed by atoms with E-state index in [2.05, 4.69) is 35.5 Å². The van der Waals surface area contributed by atoms with Gasteiger partial charge < -0.3 is 20.5 Å². The second kappa shape index (κ2) is 11.9. The van der Waals surface area contributed by atoms with Crippen LogP contribution >= 0.6 is 11.6 Å². The maximum absolute atomic E-state index is 7.18. The second-order valence-corrected chi connectivity index (χ2v) is 5.65. The van der Waals surface area contributed by atoms with Crippen molar-refractivity contribution < 1.29 is 17.7 Å². The van der Waals surface area contributed by atoms with Gasteiger partial charge in [0, 0.05) is 59.1 Å². The van der Waals surface area contributed by atoms with Crippen LogP contribution in [-0.4, -0.2) is 53.7 Å². The standard InChI is InChI=1S/C9H11N5O.C5H5ClN2O.C4H7N3/c1-14-6-7(5-11-14)12-9-10-4-3-8(13-9)15-2;1-9-4-2-3-7-5(6)8-4;1-7-3-4(5)2-6-7/h3-6H,1-2H3,(H,10,12,13);2-3H,1H3;2-3H,5H2,1H3/i1D3;;1D3. The molecule has 4 rings (SSSR count). The quantitative estimate of drug-likeness (QED) is 0.441. The minimum atomic E-state index is -2.30. The summed E-state index contributed by atoms with van der Waals surface area (Å²) in [4.78, 5) is 15.4. The van der Waals surface area contributed by atoms with Gasteiger partial charge in [-0.25, -0.2) is 9.97 Å². The summed E-state index contributed by atoms with van der Waals surface area (Å²) >= 11 is 5.42. The molecule has 0 saturated heterocycles. The Labute approximate surface area is 192 Å². The van der Waals surface area contributed by atoms with Crippen LogP contribution in [0.5, 0.6) is 11.8 Å². The SMILES string of the molecule is COc1ccnc(Cl)n1.[2H]C([2H])([2H])n1cc(N)cn1.[2H]C([2H])([2H])n1cc(Nc2nccc(OC)n2)cn1. The summed E-state index contributed by atoms with van der Waals surface area (Å²) in [6.07, 6.45) is 8.38. The highest BCUT2D eigenvalue weighted by molar-refractivity contribution is 6.28. The lowest BCUT2D eigenvalue weighted by atomic mass is 10.5. The molecule has 31 heavy (non-hydrogen) atoms. The fourth-order valence-corrected chi connectivity index (χ4v) is 1.94. The molecule has 0 unspecified atom stereocenters. The number of aryl methyl sites for hydroxylation is 2. The first kappa shape index (κ1) is 15.8. The van der Waals surface area contributed by atoms with Crippen LogP contribution in [0.15, 0.2) is 49.3 Å². The van der Waals surface area contributed by atoms with Crippen LogP contribution in [0.3, 0.4) is 0 Å². The highest BCUT2D eigenvalue weighted by Gasteiger charge is 2.01. The van der Waals surface area contributed by atoms with Gasteiger partial charge in [0.15, 0.2) is 0 Å². The topological polar surface area (TPSA) is 144 Å². The normalized spacial score (nSPS) is 13.3. The Morgan fingerprint density at radius 2 is 1.61 bits per heavy atom. The number of nitrogen functional groups attached to an aromatic ring is 1. The molecule has 0 aromatic carbocycles. The average molecular weight is 453 g/mol. The number of hydrogen-bond donors (Lipinski definition) is 2. The lowest BCUT2D eigenvalue weighted by Crippen LogP contribution is -1.97. The molecule has 0 amide bonds. The molecule has 3 N–H and O–H groups in total. The highest BCUT2D eigenvalue weighted by atomic mass is 35.5. The lowest BCUT2D eigenvalue weighted by molar-refractivity contribution is 0.397. The van der Waals surface area contributed by atoms with Crippen LogP contribution in [0.25, 0.3) is 0 Å². The summed E-state index contributed by atoms with van der Waals surface area (Å²) < 4.78 is 53.6. The molecule has 0 radical (unpaired) electrons. The van der Waals surface area contributed by atoms with Crippen LogP contribution < -0.4 is 20.5 Å². The maximum Gasteiger partial charge on any atom is 0.230 e. The Kier molecular flexibility index (Phi) is 6.10. The van der Waals surface area contributed by atoms with Crippen LogP contribution in [-0.2, 0) is 14.0 Å². The first-order valence-electron chi connectivity index (χ1n) is 11.3. The Morgan fingerprint density at radius 3 is 2.13 bits per heavy atom. The van der Waals surface area contributed by atoms with Gasteiger partial charge in [-0.2, -0.15) is 20.2 Å². The molecule has 0 spiro atoms. The van der Waals surface area contributed by atoms with Crippen molar-refractivity contribution in [2.24, 2.45) is 14.0 Å². The molecule has 0 aliphatic carbocycles. The number of ether oxygens (including phenoxy) is 2. The lowest BCUT2D eigenvalue weighted by Gasteiger charge is -2.02. The molecule has 12 nitrogen and oxygen atoms in total. The first-order valence-corrected chi connectivity index (χ1v) is 8.72. The van der Waals surface area contributed by atoms with Gasteiger partial charge >= 0.3 is 0 Å². The van der Waals surface area contributed by atoms with Crippen molar-refractivity contribution in [2.45, 2.75) is 0 Å². The van der Waals surface area contributed by atoms with Crippen LogP contribution in [0.1, 0.15) is 8.22 Å². The van der Waals surface area contributed by atoms with Gasteiger partial charge in [-0.15, -0.1) is 0 Å². The molecule has 0 atom stereocenters. The average Bonchev–Trinajstić information content (AvgIpc) is 3.49. The fraction of sp³-hybridized carbons (Fsp3) is 0.222. The monoisotopic (exact) mass is 452 g/mol. The van der Waals surface area contributed by atoms with Gasteiger partial charge in [0.05, 0.1) is 38.0 Å². The van der Waals surface area contributed by atoms with E-state index in [0.717, 1.165) is 9.36 Å². The van der Waals surface area contributed by atoms with E-state index >= 15 is 0 Å². The Balaban J connectivity index is 0.000000214. The minimum absolute atomic E-state index is 0.203. The van der Waals surface area contributed by atoms with Gasteiger partial charge in [-0.3, -0.25) is 9.36 Å². The summed E-state index contributed by atoms with van der Waals surface area (Å²) in [6, 6.07) is 3.24. The minimum Gasteiger partial charge on any atom is -0.481 e. The summed E-state index contributed by atoms with van der Waals surface area (Å²) in [5.41, 5.74) is 6.09. The van der Waals surface area contributed by atoms with Crippen LogP contribution in [0, 0.1) is 0 Å². The zero-order valence-corrected chi connectivity index (χ0v) is 17.2. The van der Waals surface area contributed by atoms with Crippen LogP contribution in [0.2, 0.25) is 5.28 Å². The molecule has 4 heterocycles. The molecule has 0 aliphatic rings. The zero-order chi connectivity index (χ0) is 27.6. The summed E-state index contributed by atoms with van der Waals surface area (Å²) in [6.45, 7) is -4.51. The molecule has 164 valence electrons. The number of aromatic nitrogens is 8. The highest BCUT2D eigenvalue weighted by Crippen LogP contribution is 2.13. The summed E-state index contributed by atoms with van der Waals surface area (Å²) in [7, 11) is 3.03. The van der Waals surface area contributed by atoms with E-state index in [4.69, 9.17) is 35.0 Å². The van der Waals surface area contributed by atoms with Crippen molar-refractivity contribution in [2.75, 3.05) is 25.3 Å². The molecule has 0 saturated carbocycles. The van der Waals surface area contributed by atoms with Crippen molar-refractivity contribution in [3.8, 4) is 11.8 Å². The number of methoxy groups -OCH3 is 2. The number of nitrogens with two attached hydrogens (primary N) is 1. The predicted molar refractivity (Wildman–Crippen MR) is 116 cm³/mol. The molecule has 0 aliphatic heterocycles. The van der Waals surface area contributed by atoms with E-state index in [1.165, 1.54) is 51.4 Å². The summed E-state index contributed by atoms with van der Waals surface area (Å²) in [5, 5.41) is 10.3. The van der Waals surface area contributed by atoms with Gasteiger partial charge in [0.25, 0.3) is 0 Å². The van der Waals surface area contributed by atoms with E-state index in [1.807, 2.05) is 0 Å². The van der Waals surface area contributed by atoms with Crippen molar-refractivity contribution in [1.82, 2.24) is 39.5 Å². The molecule has 13 heteroatoms. The van der Waals surface area contributed by atoms with Crippen molar-refractivity contribution in [3.05, 3.63) is 54.6 Å². The third kappa shape index (κ3) is 8.53. The number of halogens is 1. The number of anilines is 3. The molecular formula is C18H23ClN10O2. The van der Waals surface area contributed by atoms with E-state index in [-0.39, 0.29) is 5.28 Å². The molecule has 0 fully saturated rings. The number of hydrogen-bond acceptors (Lipinski definition) is 10. The zero-order valence-electron chi connectivity index (χ0n) is 22.5. The van der Waals surface area contributed by atoms with Crippen molar-refractivity contribution in [3.63, 3.8) is 0 Å². The number of nitrogens with zero attached hydrogens (tertiary/aromatic N) is 8. The van der Waals surface area contributed by atoms with E-state index in [9.17, 15) is 0 Å². The fourth-order valence-electron chi connectivity index (χ4n) is 1.80. The Morgan fingerprint density at radius 1 is 0.968 bits per heavy atom. The van der Waals surface area contributed by atoms with Crippen molar-refractivity contribution in [1.29, 1.82) is 0 Å². The Hall–Kier alpha value is -3.93. The van der Waals surface area contributed by atoms with Gasteiger partial charge in [-0.1, -0.05) is 0 Å². The molecule has 0 bridgehead atoms. The third-order valence-corrected chi connectivity index (χ3v) is 3.27. The Bertz CT molecular complexity index is 1260. The van der Waals surface area contributed by atoms with Gasteiger partial charge in [-0.05, 0) is 11.6 Å². The molecule has 4 aromatic rings. The van der Waals surface area contributed by atoms with Crippen LogP contribution in [0.4, 0.5) is 17.3 Å². The smallest absolute Gasteiger partial charge is 0.230 e.